The molecule has 1 aromatic rings. The molecule has 0 radical (unpaired) electrons. The van der Waals surface area contributed by atoms with Crippen LogP contribution in [0.5, 0.6) is 0 Å². The van der Waals surface area contributed by atoms with Crippen LogP contribution in [0.15, 0.2) is 6.20 Å². The van der Waals surface area contributed by atoms with Crippen LogP contribution in [0.25, 0.3) is 0 Å². The van der Waals surface area contributed by atoms with Crippen molar-refractivity contribution in [2.24, 2.45) is 5.92 Å². The standard InChI is InChI=1S/C17H26N4O2.C2HF3O2/c22-17(14-3-9-23-10-4-14)21-8-7-20-12-15(18-16(20)13-21)11-19-5-1-2-6-19;3-2(4,5)1(6)7/h12,14H,1-11,13H2;(H,6,7). The summed E-state index contributed by atoms with van der Waals surface area (Å²) in [6.45, 7) is 7.12. The summed E-state index contributed by atoms with van der Waals surface area (Å²) in [6, 6.07) is 0. The average molecular weight is 432 g/mol. The lowest BCUT2D eigenvalue weighted by Gasteiger charge is -2.32. The van der Waals surface area contributed by atoms with Crippen molar-refractivity contribution in [2.45, 2.75) is 51.5 Å². The first-order valence-corrected chi connectivity index (χ1v) is 10.2. The number of halogens is 3. The third-order valence-electron chi connectivity index (χ3n) is 5.56. The number of imidazole rings is 1. The lowest BCUT2D eigenvalue weighted by Crippen LogP contribution is -2.42. The summed E-state index contributed by atoms with van der Waals surface area (Å²) in [6.07, 6.45) is 1.44. The Morgan fingerprint density at radius 1 is 1.13 bits per heavy atom. The number of likely N-dealkylation sites (tertiary alicyclic amines) is 1. The quantitative estimate of drug-likeness (QED) is 0.785. The largest absolute Gasteiger partial charge is 0.490 e. The van der Waals surface area contributed by atoms with Crippen LogP contribution in [0.2, 0.25) is 0 Å². The van der Waals surface area contributed by atoms with Crippen LogP contribution in [0.1, 0.15) is 37.2 Å². The highest BCUT2D eigenvalue weighted by Crippen LogP contribution is 2.22. The lowest BCUT2D eigenvalue weighted by molar-refractivity contribution is -0.192. The van der Waals surface area contributed by atoms with E-state index < -0.39 is 12.1 Å². The molecule has 11 heteroatoms. The number of carboxylic acids is 1. The molecular weight excluding hydrogens is 405 g/mol. The van der Waals surface area contributed by atoms with E-state index in [4.69, 9.17) is 19.6 Å². The number of nitrogens with zero attached hydrogens (tertiary/aromatic N) is 4. The predicted molar refractivity (Wildman–Crippen MR) is 99.4 cm³/mol. The Bertz CT molecular complexity index is 741. The molecule has 0 aliphatic carbocycles. The van der Waals surface area contributed by atoms with Gasteiger partial charge < -0.3 is 19.3 Å². The number of ether oxygens (including phenoxy) is 1. The minimum absolute atomic E-state index is 0.148. The summed E-state index contributed by atoms with van der Waals surface area (Å²) in [5.74, 6) is -1.27. The van der Waals surface area contributed by atoms with Gasteiger partial charge in [-0.1, -0.05) is 0 Å². The fourth-order valence-electron chi connectivity index (χ4n) is 3.95. The van der Waals surface area contributed by atoms with Gasteiger partial charge in [0.25, 0.3) is 0 Å². The molecule has 0 atom stereocenters. The van der Waals surface area contributed by atoms with Crippen LogP contribution >= 0.6 is 0 Å². The van der Waals surface area contributed by atoms with E-state index in [0.717, 1.165) is 57.2 Å². The van der Waals surface area contributed by atoms with Gasteiger partial charge in [0, 0.05) is 45.0 Å². The van der Waals surface area contributed by atoms with E-state index in [-0.39, 0.29) is 5.92 Å². The van der Waals surface area contributed by atoms with Crippen LogP contribution in [0.3, 0.4) is 0 Å². The summed E-state index contributed by atoms with van der Waals surface area (Å²) in [7, 11) is 0. The first kappa shape index (κ1) is 22.5. The van der Waals surface area contributed by atoms with Crippen molar-refractivity contribution in [1.82, 2.24) is 19.4 Å². The molecule has 168 valence electrons. The Labute approximate surface area is 172 Å². The number of hydrogen-bond acceptors (Lipinski definition) is 5. The number of fused-ring (bicyclic) bond motifs is 1. The number of aromatic nitrogens is 2. The van der Waals surface area contributed by atoms with Crippen molar-refractivity contribution in [3.63, 3.8) is 0 Å². The number of alkyl halides is 3. The number of hydrogen-bond donors (Lipinski definition) is 1. The average Bonchev–Trinajstić information content (AvgIpc) is 3.36. The van der Waals surface area contributed by atoms with Crippen molar-refractivity contribution in [3.05, 3.63) is 17.7 Å². The fraction of sp³-hybridized carbons (Fsp3) is 0.737. The highest BCUT2D eigenvalue weighted by molar-refractivity contribution is 5.79. The van der Waals surface area contributed by atoms with Gasteiger partial charge in [0.1, 0.15) is 5.82 Å². The summed E-state index contributed by atoms with van der Waals surface area (Å²) >= 11 is 0. The second-order valence-electron chi connectivity index (χ2n) is 7.77. The SMILES string of the molecule is O=C(C1CCOCC1)N1CCn2cc(CN3CCCC3)nc2C1.O=C(O)C(F)(F)F. The number of carboxylic acid groups (broad SMARTS) is 1. The monoisotopic (exact) mass is 432 g/mol. The molecule has 8 nitrogen and oxygen atoms in total. The molecule has 0 aromatic carbocycles. The maximum atomic E-state index is 12.7. The summed E-state index contributed by atoms with van der Waals surface area (Å²) in [5.41, 5.74) is 1.15. The zero-order chi connectivity index (χ0) is 21.7. The number of amides is 1. The molecule has 0 unspecified atom stereocenters. The molecule has 3 aliphatic heterocycles. The van der Waals surface area contributed by atoms with Crippen molar-refractivity contribution in [2.75, 3.05) is 32.8 Å². The van der Waals surface area contributed by atoms with Crippen LogP contribution in [0, 0.1) is 5.92 Å². The van der Waals surface area contributed by atoms with Crippen LogP contribution in [0.4, 0.5) is 13.2 Å². The molecule has 2 saturated heterocycles. The third-order valence-corrected chi connectivity index (χ3v) is 5.56. The minimum atomic E-state index is -5.08. The maximum absolute atomic E-state index is 12.7. The summed E-state index contributed by atoms with van der Waals surface area (Å²) < 4.78 is 39.3. The zero-order valence-corrected chi connectivity index (χ0v) is 16.7. The second kappa shape index (κ2) is 9.78. The molecule has 1 aromatic heterocycles. The normalized spacial score (nSPS) is 20.4. The fourth-order valence-corrected chi connectivity index (χ4v) is 3.95. The first-order chi connectivity index (χ1) is 14.2. The summed E-state index contributed by atoms with van der Waals surface area (Å²) in [5, 5.41) is 7.12. The molecule has 30 heavy (non-hydrogen) atoms. The molecule has 3 aliphatic rings. The lowest BCUT2D eigenvalue weighted by atomic mass is 9.98. The van der Waals surface area contributed by atoms with Gasteiger partial charge in [0.15, 0.2) is 0 Å². The zero-order valence-electron chi connectivity index (χ0n) is 16.7. The highest BCUT2D eigenvalue weighted by atomic mass is 19.4. The van der Waals surface area contributed by atoms with Gasteiger partial charge in [-0.15, -0.1) is 0 Å². The van der Waals surface area contributed by atoms with E-state index in [9.17, 15) is 18.0 Å². The molecule has 2 fully saturated rings. The molecule has 0 spiro atoms. The first-order valence-electron chi connectivity index (χ1n) is 10.2. The third kappa shape index (κ3) is 5.94. The minimum Gasteiger partial charge on any atom is -0.475 e. The molecule has 1 amide bonds. The Balaban J connectivity index is 0.000000318. The van der Waals surface area contributed by atoms with Crippen molar-refractivity contribution >= 4 is 11.9 Å². The van der Waals surface area contributed by atoms with Crippen molar-refractivity contribution in [3.8, 4) is 0 Å². The van der Waals surface area contributed by atoms with E-state index >= 15 is 0 Å². The smallest absolute Gasteiger partial charge is 0.475 e. The Morgan fingerprint density at radius 2 is 1.77 bits per heavy atom. The molecule has 0 bridgehead atoms. The van der Waals surface area contributed by atoms with Gasteiger partial charge in [-0.05, 0) is 38.8 Å². The van der Waals surface area contributed by atoms with Gasteiger partial charge in [0.05, 0.1) is 12.2 Å². The topological polar surface area (TPSA) is 87.9 Å². The highest BCUT2D eigenvalue weighted by Gasteiger charge is 2.38. The predicted octanol–water partition coefficient (Wildman–Crippen LogP) is 1.88. The van der Waals surface area contributed by atoms with Crippen molar-refractivity contribution in [1.29, 1.82) is 0 Å². The molecule has 4 rings (SSSR count). The Hall–Kier alpha value is -2.14. The van der Waals surface area contributed by atoms with Gasteiger partial charge in [0.2, 0.25) is 5.91 Å². The van der Waals surface area contributed by atoms with Crippen molar-refractivity contribution < 1.29 is 32.6 Å². The Morgan fingerprint density at radius 3 is 2.37 bits per heavy atom. The van der Waals surface area contributed by atoms with Gasteiger partial charge in [-0.3, -0.25) is 9.69 Å². The van der Waals surface area contributed by atoms with Crippen LogP contribution in [-0.2, 0) is 34.0 Å². The van der Waals surface area contributed by atoms with Gasteiger partial charge in [-0.2, -0.15) is 13.2 Å². The van der Waals surface area contributed by atoms with E-state index in [1.54, 1.807) is 0 Å². The van der Waals surface area contributed by atoms with E-state index in [1.807, 2.05) is 4.90 Å². The second-order valence-corrected chi connectivity index (χ2v) is 7.77. The molecular formula is C19H27F3N4O4. The number of carbonyl (C=O) groups excluding carboxylic acids is 1. The van der Waals surface area contributed by atoms with E-state index in [2.05, 4.69) is 15.7 Å². The molecule has 4 heterocycles. The summed E-state index contributed by atoms with van der Waals surface area (Å²) in [4.78, 5) is 30.8. The van der Waals surface area contributed by atoms with Crippen LogP contribution < -0.4 is 0 Å². The van der Waals surface area contributed by atoms with E-state index in [0.29, 0.717) is 12.5 Å². The van der Waals surface area contributed by atoms with E-state index in [1.165, 1.54) is 25.9 Å². The van der Waals surface area contributed by atoms with Crippen LogP contribution in [-0.4, -0.2) is 75.4 Å². The number of rotatable bonds is 3. The van der Waals surface area contributed by atoms with Gasteiger partial charge >= 0.3 is 12.1 Å². The maximum Gasteiger partial charge on any atom is 0.490 e. The Kier molecular flexibility index (Phi) is 7.35. The van der Waals surface area contributed by atoms with Gasteiger partial charge in [-0.25, -0.2) is 9.78 Å². The number of carbonyl (C=O) groups is 2. The molecule has 1 N–H and O–H groups in total. The number of aliphatic carboxylic acids is 1. The molecule has 0 saturated carbocycles.